The summed E-state index contributed by atoms with van der Waals surface area (Å²) >= 11 is 0. The zero-order valence-electron chi connectivity index (χ0n) is 8.46. The molecule has 0 spiro atoms. The number of aromatic nitrogens is 1. The molecule has 1 heterocycles. The van der Waals surface area contributed by atoms with Gasteiger partial charge in [-0.05, 0) is 23.9 Å². The lowest BCUT2D eigenvalue weighted by Gasteiger charge is -2.15. The first-order valence-corrected chi connectivity index (χ1v) is 4.89. The van der Waals surface area contributed by atoms with Gasteiger partial charge in [-0.3, -0.25) is 4.98 Å². The van der Waals surface area contributed by atoms with E-state index in [1.165, 1.54) is 0 Å². The van der Waals surface area contributed by atoms with E-state index in [2.05, 4.69) is 4.98 Å². The summed E-state index contributed by atoms with van der Waals surface area (Å²) < 4.78 is 0. The van der Waals surface area contributed by atoms with Gasteiger partial charge in [0.05, 0.1) is 6.10 Å². The maximum atomic E-state index is 9.82. The predicted octanol–water partition coefficient (Wildman–Crippen LogP) is 1.65. The van der Waals surface area contributed by atoms with Crippen LogP contribution in [0.5, 0.6) is 0 Å². The van der Waals surface area contributed by atoms with Crippen molar-refractivity contribution in [2.75, 3.05) is 0 Å². The second kappa shape index (κ2) is 3.96. The van der Waals surface area contributed by atoms with Crippen LogP contribution in [0.15, 0.2) is 36.7 Å². The number of aliphatic hydroxyl groups excluding tert-OH is 2. The summed E-state index contributed by atoms with van der Waals surface area (Å²) in [5.74, 6) is 0. The van der Waals surface area contributed by atoms with E-state index in [0.29, 0.717) is 0 Å². The van der Waals surface area contributed by atoms with Crippen LogP contribution in [0.3, 0.4) is 0 Å². The van der Waals surface area contributed by atoms with Crippen molar-refractivity contribution < 1.29 is 10.2 Å². The van der Waals surface area contributed by atoms with E-state index in [0.717, 1.165) is 16.3 Å². The molecule has 0 saturated carbocycles. The van der Waals surface area contributed by atoms with Crippen molar-refractivity contribution in [2.24, 2.45) is 0 Å². The van der Waals surface area contributed by atoms with Crippen LogP contribution in [-0.2, 0) is 0 Å². The predicted molar refractivity (Wildman–Crippen MR) is 58.4 cm³/mol. The maximum Gasteiger partial charge on any atom is 0.105 e. The maximum absolute atomic E-state index is 9.82. The Kier molecular flexibility index (Phi) is 2.66. The van der Waals surface area contributed by atoms with Crippen LogP contribution in [0.1, 0.15) is 18.6 Å². The van der Waals surface area contributed by atoms with E-state index in [1.54, 1.807) is 25.4 Å². The first kappa shape index (κ1) is 10.1. The normalized spacial score (nSPS) is 15.1. The summed E-state index contributed by atoms with van der Waals surface area (Å²) in [6.45, 7) is 1.57. The molecule has 0 aliphatic carbocycles. The molecule has 3 heteroatoms. The van der Waals surface area contributed by atoms with Gasteiger partial charge in [0, 0.05) is 17.8 Å². The largest absolute Gasteiger partial charge is 0.390 e. The van der Waals surface area contributed by atoms with Gasteiger partial charge in [-0.15, -0.1) is 0 Å². The van der Waals surface area contributed by atoms with Gasteiger partial charge in [-0.1, -0.05) is 18.2 Å². The molecule has 0 aliphatic heterocycles. The van der Waals surface area contributed by atoms with Crippen molar-refractivity contribution in [1.82, 2.24) is 4.98 Å². The van der Waals surface area contributed by atoms with Crippen molar-refractivity contribution in [3.63, 3.8) is 0 Å². The lowest BCUT2D eigenvalue weighted by atomic mass is 9.99. The molecule has 0 radical (unpaired) electrons. The number of hydrogen-bond acceptors (Lipinski definition) is 3. The quantitative estimate of drug-likeness (QED) is 0.780. The van der Waals surface area contributed by atoms with Gasteiger partial charge in [-0.2, -0.15) is 0 Å². The molecule has 2 rings (SSSR count). The van der Waals surface area contributed by atoms with E-state index in [1.807, 2.05) is 18.2 Å². The van der Waals surface area contributed by atoms with Gasteiger partial charge < -0.3 is 10.2 Å². The fourth-order valence-corrected chi connectivity index (χ4v) is 1.65. The number of fused-ring (bicyclic) bond motifs is 1. The second-order valence-electron chi connectivity index (χ2n) is 3.63. The van der Waals surface area contributed by atoms with Gasteiger partial charge >= 0.3 is 0 Å². The molecule has 15 heavy (non-hydrogen) atoms. The Morgan fingerprint density at radius 3 is 2.73 bits per heavy atom. The molecular formula is C12H13NO2. The molecule has 0 amide bonds. The first-order valence-electron chi connectivity index (χ1n) is 4.89. The second-order valence-corrected chi connectivity index (χ2v) is 3.63. The number of benzene rings is 1. The highest BCUT2D eigenvalue weighted by Crippen LogP contribution is 2.25. The Balaban J connectivity index is 2.60. The minimum absolute atomic E-state index is 0.718. The molecule has 0 fully saturated rings. The Bertz CT molecular complexity index is 463. The number of aliphatic hydroxyl groups is 2. The van der Waals surface area contributed by atoms with Crippen LogP contribution in [0.2, 0.25) is 0 Å². The summed E-state index contributed by atoms with van der Waals surface area (Å²) in [6.07, 6.45) is 1.77. The number of hydrogen-bond donors (Lipinski definition) is 2. The molecule has 1 aromatic heterocycles. The van der Waals surface area contributed by atoms with Crippen LogP contribution in [-0.4, -0.2) is 21.3 Å². The topological polar surface area (TPSA) is 53.4 Å². The smallest absolute Gasteiger partial charge is 0.105 e. The van der Waals surface area contributed by atoms with Crippen LogP contribution in [0, 0.1) is 0 Å². The lowest BCUT2D eigenvalue weighted by molar-refractivity contribution is 0.0314. The fraction of sp³-hybridized carbons (Fsp3) is 0.250. The Morgan fingerprint density at radius 2 is 2.00 bits per heavy atom. The van der Waals surface area contributed by atoms with E-state index in [4.69, 9.17) is 0 Å². The van der Waals surface area contributed by atoms with Gasteiger partial charge in [-0.25, -0.2) is 0 Å². The minimum Gasteiger partial charge on any atom is -0.390 e. The van der Waals surface area contributed by atoms with Gasteiger partial charge in [0.15, 0.2) is 0 Å². The summed E-state index contributed by atoms with van der Waals surface area (Å²) in [5, 5.41) is 21.1. The van der Waals surface area contributed by atoms with Gasteiger partial charge in [0.1, 0.15) is 6.10 Å². The van der Waals surface area contributed by atoms with Crippen molar-refractivity contribution in [3.8, 4) is 0 Å². The standard InChI is InChI=1S/C12H13NO2/c1-8(14)12(15)10-4-2-3-9-5-6-13-7-11(9)10/h2-8,12,14-15H,1H3. The Morgan fingerprint density at radius 1 is 1.20 bits per heavy atom. The summed E-state index contributed by atoms with van der Waals surface area (Å²) in [5.41, 5.74) is 0.718. The highest BCUT2D eigenvalue weighted by Gasteiger charge is 2.15. The van der Waals surface area contributed by atoms with E-state index in [-0.39, 0.29) is 0 Å². The molecule has 1 aromatic carbocycles. The van der Waals surface area contributed by atoms with Crippen molar-refractivity contribution >= 4 is 10.8 Å². The molecule has 2 aromatic rings. The summed E-state index contributed by atoms with van der Waals surface area (Å²) in [4.78, 5) is 4.02. The minimum atomic E-state index is -0.863. The lowest BCUT2D eigenvalue weighted by Crippen LogP contribution is -2.14. The van der Waals surface area contributed by atoms with E-state index in [9.17, 15) is 10.2 Å². The highest BCUT2D eigenvalue weighted by molar-refractivity contribution is 5.85. The van der Waals surface area contributed by atoms with Crippen molar-refractivity contribution in [2.45, 2.75) is 19.1 Å². The summed E-state index contributed by atoms with van der Waals surface area (Å²) in [7, 11) is 0. The Hall–Kier alpha value is -1.45. The SMILES string of the molecule is CC(O)C(O)c1cccc2ccncc12. The number of rotatable bonds is 2. The number of pyridine rings is 1. The van der Waals surface area contributed by atoms with Crippen LogP contribution >= 0.6 is 0 Å². The summed E-state index contributed by atoms with van der Waals surface area (Å²) in [6, 6.07) is 7.51. The fourth-order valence-electron chi connectivity index (χ4n) is 1.65. The Labute approximate surface area is 88.0 Å². The first-order chi connectivity index (χ1) is 7.20. The molecular weight excluding hydrogens is 190 g/mol. The molecule has 3 nitrogen and oxygen atoms in total. The average Bonchev–Trinajstić information content (AvgIpc) is 2.27. The molecule has 78 valence electrons. The number of nitrogens with zero attached hydrogens (tertiary/aromatic N) is 1. The molecule has 0 saturated heterocycles. The molecule has 2 N–H and O–H groups in total. The van der Waals surface area contributed by atoms with Crippen molar-refractivity contribution in [1.29, 1.82) is 0 Å². The molecule has 0 bridgehead atoms. The van der Waals surface area contributed by atoms with Gasteiger partial charge in [0.25, 0.3) is 0 Å². The molecule has 2 unspecified atom stereocenters. The zero-order chi connectivity index (χ0) is 10.8. The molecule has 2 atom stereocenters. The van der Waals surface area contributed by atoms with E-state index < -0.39 is 12.2 Å². The monoisotopic (exact) mass is 203 g/mol. The third-order valence-electron chi connectivity index (χ3n) is 2.49. The van der Waals surface area contributed by atoms with Gasteiger partial charge in [0.2, 0.25) is 0 Å². The van der Waals surface area contributed by atoms with Crippen LogP contribution in [0.25, 0.3) is 10.8 Å². The zero-order valence-corrected chi connectivity index (χ0v) is 8.46. The van der Waals surface area contributed by atoms with E-state index >= 15 is 0 Å². The van der Waals surface area contributed by atoms with Crippen LogP contribution in [0.4, 0.5) is 0 Å². The molecule has 0 aliphatic rings. The average molecular weight is 203 g/mol. The highest BCUT2D eigenvalue weighted by atomic mass is 16.3. The van der Waals surface area contributed by atoms with Crippen LogP contribution < -0.4 is 0 Å². The third kappa shape index (κ3) is 1.84. The third-order valence-corrected chi connectivity index (χ3v) is 2.49. The van der Waals surface area contributed by atoms with Crippen molar-refractivity contribution in [3.05, 3.63) is 42.2 Å².